The Kier molecular flexibility index (Phi) is 2.71. The van der Waals surface area contributed by atoms with Crippen molar-refractivity contribution in [1.29, 1.82) is 0 Å². The number of rotatable bonds is 2. The number of nitrogens with one attached hydrogen (secondary N) is 2. The Hall–Kier alpha value is -0.740. The van der Waals surface area contributed by atoms with Crippen LogP contribution in [0.15, 0.2) is 30.0 Å². The number of fused-ring (bicyclic) bond motifs is 1. The molecule has 68 valence electrons. The number of anilines is 1. The molecule has 0 spiro atoms. The summed E-state index contributed by atoms with van der Waals surface area (Å²) < 4.78 is 0. The van der Waals surface area contributed by atoms with E-state index in [0.29, 0.717) is 0 Å². The molecule has 4 heteroatoms. The van der Waals surface area contributed by atoms with Crippen molar-refractivity contribution in [2.24, 2.45) is 0 Å². The van der Waals surface area contributed by atoms with Crippen molar-refractivity contribution in [2.45, 2.75) is 0 Å². The van der Waals surface area contributed by atoms with E-state index >= 15 is 0 Å². The third-order valence-electron chi connectivity index (χ3n) is 1.87. The predicted molar refractivity (Wildman–Crippen MR) is 62.6 cm³/mol. The van der Waals surface area contributed by atoms with Gasteiger partial charge in [0.15, 0.2) is 0 Å². The van der Waals surface area contributed by atoms with Gasteiger partial charge in [0.05, 0.1) is 5.69 Å². The highest BCUT2D eigenvalue weighted by Gasteiger charge is 2.06. The predicted octanol–water partition coefficient (Wildman–Crippen LogP) is 2.54. The van der Waals surface area contributed by atoms with Crippen molar-refractivity contribution in [2.75, 3.05) is 11.2 Å². The number of benzene rings is 1. The molecular weight excluding hydrogens is 200 g/mol. The van der Waals surface area contributed by atoms with Crippen LogP contribution < -0.4 is 10.9 Å². The van der Waals surface area contributed by atoms with Crippen molar-refractivity contribution in [3.63, 3.8) is 0 Å². The average molecular weight is 210 g/mol. The van der Waals surface area contributed by atoms with Crippen LogP contribution in [0.4, 0.5) is 5.69 Å². The molecule has 0 saturated heterocycles. The van der Waals surface area contributed by atoms with Crippen LogP contribution in [-0.2, 0) is 0 Å². The molecule has 0 amide bonds. The summed E-state index contributed by atoms with van der Waals surface area (Å²) in [4.78, 5) is 0. The Morgan fingerprint density at radius 2 is 2.08 bits per heavy atom. The third-order valence-corrected chi connectivity index (χ3v) is 2.70. The molecule has 2 N–H and O–H groups in total. The average Bonchev–Trinajstić information content (AvgIpc) is 2.18. The molecule has 0 aliphatic carbocycles. The van der Waals surface area contributed by atoms with E-state index in [1.165, 1.54) is 16.4 Å². The molecule has 1 aromatic rings. The van der Waals surface area contributed by atoms with Crippen LogP contribution in [0.25, 0.3) is 6.08 Å². The second kappa shape index (κ2) is 3.98. The van der Waals surface area contributed by atoms with Gasteiger partial charge in [0, 0.05) is 17.0 Å². The van der Waals surface area contributed by atoms with Gasteiger partial charge in [-0.05, 0) is 12.1 Å². The number of hydrogen-bond donors (Lipinski definition) is 3. The summed E-state index contributed by atoms with van der Waals surface area (Å²) in [5.74, 6) is 0.879. The van der Waals surface area contributed by atoms with Crippen LogP contribution in [0, 0.1) is 0 Å². The van der Waals surface area contributed by atoms with Gasteiger partial charge in [-0.2, -0.15) is 0 Å². The number of thiol groups is 1. The molecule has 1 aliphatic rings. The fraction of sp³-hybridized carbons (Fsp3) is 0.111. The van der Waals surface area contributed by atoms with Crippen molar-refractivity contribution in [3.8, 4) is 0 Å². The Bertz CT molecular complexity index is 336. The molecule has 0 atom stereocenters. The maximum absolute atomic E-state index is 4.11. The van der Waals surface area contributed by atoms with E-state index in [2.05, 4.69) is 34.7 Å². The van der Waals surface area contributed by atoms with E-state index in [0.717, 1.165) is 17.1 Å². The monoisotopic (exact) mass is 210 g/mol. The highest BCUT2D eigenvalue weighted by atomic mass is 33.1. The van der Waals surface area contributed by atoms with Gasteiger partial charge in [-0.3, -0.25) is 0 Å². The van der Waals surface area contributed by atoms with Crippen molar-refractivity contribution in [1.82, 2.24) is 5.43 Å². The molecule has 0 saturated carbocycles. The molecule has 1 aromatic carbocycles. The van der Waals surface area contributed by atoms with Crippen LogP contribution in [0.1, 0.15) is 5.56 Å². The first-order valence-electron chi connectivity index (χ1n) is 3.98. The Labute approximate surface area is 86.6 Å². The normalized spacial score (nSPS) is 13.8. The zero-order valence-electron chi connectivity index (χ0n) is 6.95. The highest BCUT2D eigenvalue weighted by molar-refractivity contribution is 8.68. The van der Waals surface area contributed by atoms with Gasteiger partial charge in [0.25, 0.3) is 0 Å². The van der Waals surface area contributed by atoms with Crippen LogP contribution >= 0.6 is 22.5 Å². The quantitative estimate of drug-likeness (QED) is 0.516. The maximum Gasteiger partial charge on any atom is 0.0612 e. The van der Waals surface area contributed by atoms with E-state index in [9.17, 15) is 0 Å². The summed E-state index contributed by atoms with van der Waals surface area (Å²) in [5.41, 5.74) is 9.74. The SMILES string of the molecule is SSCC1=Cc2ccccc2NN1. The lowest BCUT2D eigenvalue weighted by Gasteiger charge is -2.19. The number of hydrogen-bond acceptors (Lipinski definition) is 4. The molecule has 0 aromatic heterocycles. The Morgan fingerprint density at radius 1 is 1.23 bits per heavy atom. The largest absolute Gasteiger partial charge is 0.304 e. The van der Waals surface area contributed by atoms with Gasteiger partial charge >= 0.3 is 0 Å². The van der Waals surface area contributed by atoms with Gasteiger partial charge in [-0.15, -0.1) is 11.7 Å². The third kappa shape index (κ3) is 1.95. The van der Waals surface area contributed by atoms with E-state index < -0.39 is 0 Å². The number of para-hydroxylation sites is 1. The van der Waals surface area contributed by atoms with Gasteiger partial charge < -0.3 is 10.9 Å². The summed E-state index contributed by atoms with van der Waals surface area (Å²) in [7, 11) is 1.51. The molecule has 1 aliphatic heterocycles. The summed E-state index contributed by atoms with van der Waals surface area (Å²) in [5, 5.41) is 0. The smallest absolute Gasteiger partial charge is 0.0612 e. The van der Waals surface area contributed by atoms with E-state index in [1.807, 2.05) is 18.2 Å². The minimum absolute atomic E-state index is 0.879. The molecule has 13 heavy (non-hydrogen) atoms. The lowest BCUT2D eigenvalue weighted by molar-refractivity contribution is 0.964. The first kappa shape index (κ1) is 8.84. The maximum atomic E-state index is 4.11. The second-order valence-corrected chi connectivity index (χ2v) is 4.10. The Morgan fingerprint density at radius 3 is 2.92 bits per heavy atom. The summed E-state index contributed by atoms with van der Waals surface area (Å²) in [6.45, 7) is 0. The lowest BCUT2D eigenvalue weighted by atomic mass is 10.1. The minimum Gasteiger partial charge on any atom is -0.304 e. The molecule has 2 nitrogen and oxygen atoms in total. The van der Waals surface area contributed by atoms with Crippen molar-refractivity contribution < 1.29 is 0 Å². The topological polar surface area (TPSA) is 24.1 Å². The van der Waals surface area contributed by atoms with Gasteiger partial charge in [0.2, 0.25) is 0 Å². The van der Waals surface area contributed by atoms with Crippen molar-refractivity contribution in [3.05, 3.63) is 35.5 Å². The molecule has 2 rings (SSSR count). The first-order chi connectivity index (χ1) is 6.40. The fourth-order valence-electron chi connectivity index (χ4n) is 1.26. The van der Waals surface area contributed by atoms with E-state index in [-0.39, 0.29) is 0 Å². The highest BCUT2D eigenvalue weighted by Crippen LogP contribution is 2.22. The molecule has 0 radical (unpaired) electrons. The zero-order valence-corrected chi connectivity index (χ0v) is 8.66. The Balaban J connectivity index is 2.28. The molecule has 0 unspecified atom stereocenters. The van der Waals surface area contributed by atoms with Crippen LogP contribution in [-0.4, -0.2) is 5.75 Å². The van der Waals surface area contributed by atoms with E-state index in [4.69, 9.17) is 0 Å². The number of hydrazine groups is 1. The van der Waals surface area contributed by atoms with Crippen LogP contribution in [0.2, 0.25) is 0 Å². The molecule has 0 bridgehead atoms. The van der Waals surface area contributed by atoms with Crippen molar-refractivity contribution >= 4 is 34.2 Å². The first-order valence-corrected chi connectivity index (χ1v) is 6.02. The van der Waals surface area contributed by atoms with Gasteiger partial charge in [0.1, 0.15) is 0 Å². The van der Waals surface area contributed by atoms with Gasteiger partial charge in [-0.25, -0.2) is 0 Å². The summed E-state index contributed by atoms with van der Waals surface area (Å²) in [6, 6.07) is 8.18. The lowest BCUT2D eigenvalue weighted by Crippen LogP contribution is -2.25. The van der Waals surface area contributed by atoms with E-state index in [1.54, 1.807) is 0 Å². The van der Waals surface area contributed by atoms with Gasteiger partial charge in [-0.1, -0.05) is 29.0 Å². The summed E-state index contributed by atoms with van der Waals surface area (Å²) in [6.07, 6.45) is 2.13. The fourth-order valence-corrected chi connectivity index (χ4v) is 1.97. The van der Waals surface area contributed by atoms with Crippen LogP contribution in [0.5, 0.6) is 0 Å². The second-order valence-electron chi connectivity index (χ2n) is 2.78. The summed E-state index contributed by atoms with van der Waals surface area (Å²) >= 11 is 4.11. The molecule has 0 fully saturated rings. The minimum atomic E-state index is 0.879. The standard InChI is InChI=1S/C9H10N2S2/c12-13-6-8-5-7-3-1-2-4-9(7)11-10-8/h1-5,10-12H,6H2. The van der Waals surface area contributed by atoms with Crippen LogP contribution in [0.3, 0.4) is 0 Å². The zero-order chi connectivity index (χ0) is 9.10. The molecule has 1 heterocycles. The molecular formula is C9H10N2S2.